The van der Waals surface area contributed by atoms with Gasteiger partial charge in [0.05, 0.1) is 18.1 Å². The van der Waals surface area contributed by atoms with Crippen LogP contribution in [0.25, 0.3) is 0 Å². The van der Waals surface area contributed by atoms with E-state index >= 15 is 0 Å². The van der Waals surface area contributed by atoms with Gasteiger partial charge in [0, 0.05) is 13.1 Å². The molecule has 0 aromatic heterocycles. The lowest BCUT2D eigenvalue weighted by Crippen LogP contribution is -2.63. The highest BCUT2D eigenvalue weighted by Crippen LogP contribution is 2.38. The molecule has 0 aliphatic carbocycles. The van der Waals surface area contributed by atoms with Gasteiger partial charge in [-0.1, -0.05) is 0 Å². The first kappa shape index (κ1) is 9.27. The van der Waals surface area contributed by atoms with Gasteiger partial charge in [-0.25, -0.2) is 0 Å². The van der Waals surface area contributed by atoms with Crippen LogP contribution in [0.3, 0.4) is 0 Å². The summed E-state index contributed by atoms with van der Waals surface area (Å²) in [5.74, 6) is -1.25. The number of hydrogen-bond donors (Lipinski definition) is 1. The Morgan fingerprint density at radius 2 is 2.00 bits per heavy atom. The molecule has 0 bridgehead atoms. The Bertz CT molecular complexity index is 190. The van der Waals surface area contributed by atoms with Gasteiger partial charge >= 0.3 is 6.18 Å². The minimum atomic E-state index is -4.08. The number of hydrogen-bond acceptors (Lipinski definition) is 2. The van der Waals surface area contributed by atoms with E-state index in [4.69, 9.17) is 4.74 Å². The molecular formula is C8H12F3NO. The molecular weight excluding hydrogens is 183 g/mol. The molecule has 0 saturated carbocycles. The lowest BCUT2D eigenvalue weighted by atomic mass is 9.84. The van der Waals surface area contributed by atoms with Crippen LogP contribution < -0.4 is 5.32 Å². The van der Waals surface area contributed by atoms with E-state index in [0.717, 1.165) is 0 Å². The summed E-state index contributed by atoms with van der Waals surface area (Å²) >= 11 is 0. The summed E-state index contributed by atoms with van der Waals surface area (Å²) in [6, 6.07) is 0. The number of ether oxygens (including phenoxy) is 1. The Morgan fingerprint density at radius 3 is 2.31 bits per heavy atom. The van der Waals surface area contributed by atoms with Crippen molar-refractivity contribution in [2.24, 2.45) is 5.92 Å². The van der Waals surface area contributed by atoms with Crippen molar-refractivity contribution in [3.63, 3.8) is 0 Å². The molecule has 0 radical (unpaired) electrons. The largest absolute Gasteiger partial charge is 0.394 e. The van der Waals surface area contributed by atoms with Crippen molar-refractivity contribution in [3.8, 4) is 0 Å². The van der Waals surface area contributed by atoms with Gasteiger partial charge in [-0.2, -0.15) is 13.2 Å². The fraction of sp³-hybridized carbons (Fsp3) is 1.00. The van der Waals surface area contributed by atoms with Crippen LogP contribution in [0, 0.1) is 5.92 Å². The topological polar surface area (TPSA) is 21.3 Å². The van der Waals surface area contributed by atoms with Gasteiger partial charge in [0.2, 0.25) is 0 Å². The minimum Gasteiger partial charge on any atom is -0.372 e. The molecule has 76 valence electrons. The van der Waals surface area contributed by atoms with Crippen molar-refractivity contribution in [2.75, 3.05) is 19.7 Å². The predicted molar refractivity (Wildman–Crippen MR) is 40.3 cm³/mol. The fourth-order valence-electron chi connectivity index (χ4n) is 1.81. The molecule has 0 amide bonds. The Balaban J connectivity index is 1.89. The van der Waals surface area contributed by atoms with E-state index in [9.17, 15) is 13.2 Å². The van der Waals surface area contributed by atoms with Crippen LogP contribution in [0.15, 0.2) is 0 Å². The van der Waals surface area contributed by atoms with Gasteiger partial charge in [-0.15, -0.1) is 0 Å². The van der Waals surface area contributed by atoms with Crippen molar-refractivity contribution in [1.82, 2.24) is 5.32 Å². The zero-order valence-electron chi connectivity index (χ0n) is 7.16. The quantitative estimate of drug-likeness (QED) is 0.629. The maximum absolute atomic E-state index is 12.2. The Labute approximate surface area is 74.4 Å². The number of rotatable bonds is 0. The van der Waals surface area contributed by atoms with Crippen LogP contribution >= 0.6 is 0 Å². The van der Waals surface area contributed by atoms with E-state index in [2.05, 4.69) is 5.32 Å². The molecule has 2 fully saturated rings. The number of halogens is 3. The molecule has 5 heteroatoms. The first-order chi connectivity index (χ1) is 6.02. The Hall–Kier alpha value is -0.290. The summed E-state index contributed by atoms with van der Waals surface area (Å²) in [5, 5.41) is 3.02. The highest BCUT2D eigenvalue weighted by atomic mass is 19.4. The second kappa shape index (κ2) is 2.85. The number of alkyl halides is 3. The summed E-state index contributed by atoms with van der Waals surface area (Å²) in [5.41, 5.74) is -0.262. The fourth-order valence-corrected chi connectivity index (χ4v) is 1.81. The summed E-state index contributed by atoms with van der Waals surface area (Å²) in [7, 11) is 0. The van der Waals surface area contributed by atoms with Crippen LogP contribution in [0.2, 0.25) is 0 Å². The molecule has 2 aliphatic rings. The molecule has 2 saturated heterocycles. The minimum absolute atomic E-state index is 0.162. The molecule has 2 heterocycles. The van der Waals surface area contributed by atoms with Gasteiger partial charge in [0.15, 0.2) is 0 Å². The highest BCUT2D eigenvalue weighted by molar-refractivity contribution is 4.97. The summed E-state index contributed by atoms with van der Waals surface area (Å²) in [6.07, 6.45) is -3.34. The van der Waals surface area contributed by atoms with Gasteiger partial charge in [0.25, 0.3) is 0 Å². The van der Waals surface area contributed by atoms with Crippen LogP contribution in [-0.2, 0) is 4.74 Å². The van der Waals surface area contributed by atoms with E-state index in [0.29, 0.717) is 19.5 Å². The molecule has 0 aromatic rings. The maximum atomic E-state index is 12.2. The van der Waals surface area contributed by atoms with E-state index < -0.39 is 12.1 Å². The zero-order chi connectivity index (χ0) is 9.53. The van der Waals surface area contributed by atoms with Gasteiger partial charge < -0.3 is 10.1 Å². The molecule has 1 N–H and O–H groups in total. The summed E-state index contributed by atoms with van der Waals surface area (Å²) < 4.78 is 41.9. The smallest absolute Gasteiger partial charge is 0.372 e. The van der Waals surface area contributed by atoms with E-state index in [1.807, 2.05) is 0 Å². The van der Waals surface area contributed by atoms with Gasteiger partial charge in [0.1, 0.15) is 0 Å². The predicted octanol–water partition coefficient (Wildman–Crippen LogP) is 1.32. The van der Waals surface area contributed by atoms with Gasteiger partial charge in [-0.3, -0.25) is 0 Å². The highest BCUT2D eigenvalue weighted by Gasteiger charge is 2.48. The average Bonchev–Trinajstić information content (AvgIpc) is 2.00. The monoisotopic (exact) mass is 195 g/mol. The van der Waals surface area contributed by atoms with Crippen LogP contribution in [0.4, 0.5) is 13.2 Å². The van der Waals surface area contributed by atoms with Crippen molar-refractivity contribution in [2.45, 2.75) is 24.6 Å². The molecule has 2 aliphatic heterocycles. The molecule has 13 heavy (non-hydrogen) atoms. The normalized spacial score (nSPS) is 33.0. The van der Waals surface area contributed by atoms with Crippen LogP contribution in [0.1, 0.15) is 12.8 Å². The molecule has 2 nitrogen and oxygen atoms in total. The second-order valence-corrected chi connectivity index (χ2v) is 3.87. The van der Waals surface area contributed by atoms with Crippen molar-refractivity contribution in [1.29, 1.82) is 0 Å². The van der Waals surface area contributed by atoms with Crippen molar-refractivity contribution in [3.05, 3.63) is 0 Å². The lowest BCUT2D eigenvalue weighted by Gasteiger charge is -2.47. The number of nitrogens with one attached hydrogen (secondary N) is 1. The summed E-state index contributed by atoms with van der Waals surface area (Å²) in [4.78, 5) is 0. The molecule has 1 unspecified atom stereocenters. The van der Waals surface area contributed by atoms with Crippen LogP contribution in [0.5, 0.6) is 0 Å². The molecule has 2 rings (SSSR count). The van der Waals surface area contributed by atoms with E-state index in [1.165, 1.54) is 0 Å². The lowest BCUT2D eigenvalue weighted by molar-refractivity contribution is -0.230. The van der Waals surface area contributed by atoms with E-state index in [-0.39, 0.29) is 18.6 Å². The Morgan fingerprint density at radius 1 is 1.31 bits per heavy atom. The third kappa shape index (κ3) is 1.67. The van der Waals surface area contributed by atoms with Crippen molar-refractivity contribution >= 4 is 0 Å². The van der Waals surface area contributed by atoms with Gasteiger partial charge in [-0.05, 0) is 12.8 Å². The third-order valence-corrected chi connectivity index (χ3v) is 2.90. The molecule has 1 spiro atoms. The second-order valence-electron chi connectivity index (χ2n) is 3.87. The molecule has 1 atom stereocenters. The zero-order valence-corrected chi connectivity index (χ0v) is 7.16. The Kier molecular flexibility index (Phi) is 2.03. The third-order valence-electron chi connectivity index (χ3n) is 2.90. The van der Waals surface area contributed by atoms with Crippen molar-refractivity contribution < 1.29 is 17.9 Å². The first-order valence-electron chi connectivity index (χ1n) is 4.43. The summed E-state index contributed by atoms with van der Waals surface area (Å²) in [6.45, 7) is 1.25. The first-order valence-corrected chi connectivity index (χ1v) is 4.43. The van der Waals surface area contributed by atoms with E-state index in [1.54, 1.807) is 0 Å². The standard InChI is InChI=1S/C8H12F3NO/c9-8(10,11)6-1-2-7(13-3-6)4-12-5-7/h6,12H,1-5H2. The SMILES string of the molecule is FC(F)(F)C1CCC2(CNC2)OC1. The maximum Gasteiger partial charge on any atom is 0.394 e. The molecule has 0 aromatic carbocycles. The van der Waals surface area contributed by atoms with Crippen LogP contribution in [-0.4, -0.2) is 31.5 Å². The average molecular weight is 195 g/mol.